The molecule has 8 nitrogen and oxygen atoms in total. The van der Waals surface area contributed by atoms with Crippen molar-refractivity contribution in [3.63, 3.8) is 0 Å². The quantitative estimate of drug-likeness (QED) is 0.503. The first-order valence-electron chi connectivity index (χ1n) is 11.4. The maximum Gasteiger partial charge on any atom is 0.191 e. The van der Waals surface area contributed by atoms with Crippen molar-refractivity contribution in [2.45, 2.75) is 19.6 Å². The van der Waals surface area contributed by atoms with Gasteiger partial charge in [-0.05, 0) is 17.2 Å². The van der Waals surface area contributed by atoms with Crippen LogP contribution in [0.2, 0.25) is 0 Å². The number of nitrogens with one attached hydrogen (secondary N) is 2. The Labute approximate surface area is 190 Å². The second-order valence-electron chi connectivity index (χ2n) is 8.02. The van der Waals surface area contributed by atoms with E-state index in [-0.39, 0.29) is 0 Å². The fourth-order valence-electron chi connectivity index (χ4n) is 4.09. The lowest BCUT2D eigenvalue weighted by atomic mass is 10.1. The summed E-state index contributed by atoms with van der Waals surface area (Å²) >= 11 is 0. The van der Waals surface area contributed by atoms with E-state index in [9.17, 15) is 0 Å². The molecule has 0 bridgehead atoms. The first-order valence-corrected chi connectivity index (χ1v) is 11.4. The van der Waals surface area contributed by atoms with Gasteiger partial charge in [-0.1, -0.05) is 30.3 Å². The van der Waals surface area contributed by atoms with Crippen LogP contribution in [0.4, 0.5) is 5.82 Å². The number of anilines is 1. The molecule has 1 aromatic heterocycles. The SMILES string of the molecule is CN=C(NCc1ccccc1CN1CCOCC1)NCc1cccnc1N1CCOCC1. The number of nitrogens with zero attached hydrogens (tertiary/aromatic N) is 4. The van der Waals surface area contributed by atoms with E-state index in [1.54, 1.807) is 7.05 Å². The first-order chi connectivity index (χ1) is 15.8. The van der Waals surface area contributed by atoms with Gasteiger partial charge in [-0.15, -0.1) is 0 Å². The third kappa shape index (κ3) is 6.18. The van der Waals surface area contributed by atoms with Gasteiger partial charge in [0.25, 0.3) is 0 Å². The minimum atomic E-state index is 0.662. The predicted octanol–water partition coefficient (Wildman–Crippen LogP) is 1.62. The van der Waals surface area contributed by atoms with E-state index < -0.39 is 0 Å². The van der Waals surface area contributed by atoms with Gasteiger partial charge in [0.1, 0.15) is 5.82 Å². The van der Waals surface area contributed by atoms with Gasteiger partial charge in [-0.3, -0.25) is 9.89 Å². The second-order valence-corrected chi connectivity index (χ2v) is 8.02. The van der Waals surface area contributed by atoms with Crippen LogP contribution in [0.25, 0.3) is 0 Å². The lowest BCUT2D eigenvalue weighted by molar-refractivity contribution is 0.0341. The highest BCUT2D eigenvalue weighted by molar-refractivity contribution is 5.79. The molecule has 3 heterocycles. The maximum atomic E-state index is 5.48. The maximum absolute atomic E-state index is 5.48. The predicted molar refractivity (Wildman–Crippen MR) is 127 cm³/mol. The van der Waals surface area contributed by atoms with Crippen LogP contribution in [-0.4, -0.2) is 75.5 Å². The average Bonchev–Trinajstić information content (AvgIpc) is 2.86. The number of guanidine groups is 1. The topological polar surface area (TPSA) is 74.2 Å². The van der Waals surface area contributed by atoms with Gasteiger partial charge < -0.3 is 25.0 Å². The Kier molecular flexibility index (Phi) is 8.30. The summed E-state index contributed by atoms with van der Waals surface area (Å²) in [5.74, 6) is 1.80. The van der Waals surface area contributed by atoms with Gasteiger partial charge in [0.2, 0.25) is 0 Å². The monoisotopic (exact) mass is 438 g/mol. The molecule has 2 aromatic rings. The van der Waals surface area contributed by atoms with Gasteiger partial charge in [0.05, 0.1) is 26.4 Å². The van der Waals surface area contributed by atoms with Crippen molar-refractivity contribution < 1.29 is 9.47 Å². The van der Waals surface area contributed by atoms with E-state index in [4.69, 9.17) is 9.47 Å². The number of morpholine rings is 2. The zero-order valence-corrected chi connectivity index (χ0v) is 18.9. The number of aromatic nitrogens is 1. The Morgan fingerprint density at radius 2 is 1.50 bits per heavy atom. The zero-order valence-electron chi connectivity index (χ0n) is 18.9. The number of aliphatic imine (C=N–C) groups is 1. The van der Waals surface area contributed by atoms with Gasteiger partial charge in [-0.2, -0.15) is 0 Å². The summed E-state index contributed by atoms with van der Waals surface area (Å²) in [5.41, 5.74) is 3.79. The molecule has 1 aromatic carbocycles. The molecular formula is C24H34N6O2. The molecule has 0 atom stereocenters. The van der Waals surface area contributed by atoms with Crippen LogP contribution in [0.3, 0.4) is 0 Å². The molecule has 0 aliphatic carbocycles. The van der Waals surface area contributed by atoms with Crippen molar-refractivity contribution in [2.75, 3.05) is 64.6 Å². The molecule has 2 saturated heterocycles. The zero-order chi connectivity index (χ0) is 22.0. The van der Waals surface area contributed by atoms with Crippen LogP contribution < -0.4 is 15.5 Å². The van der Waals surface area contributed by atoms with Gasteiger partial charge in [0.15, 0.2) is 5.96 Å². The molecule has 2 aliphatic heterocycles. The summed E-state index contributed by atoms with van der Waals surface area (Å²) in [6.45, 7) is 9.19. The minimum Gasteiger partial charge on any atom is -0.379 e. The van der Waals surface area contributed by atoms with E-state index in [2.05, 4.69) is 60.7 Å². The molecule has 0 radical (unpaired) electrons. The summed E-state index contributed by atoms with van der Waals surface area (Å²) in [6, 6.07) is 12.7. The molecule has 0 unspecified atom stereocenters. The summed E-state index contributed by atoms with van der Waals surface area (Å²) in [7, 11) is 1.81. The van der Waals surface area contributed by atoms with Crippen molar-refractivity contribution in [2.24, 2.45) is 4.99 Å². The molecule has 0 saturated carbocycles. The van der Waals surface area contributed by atoms with E-state index in [1.165, 1.54) is 11.1 Å². The number of ether oxygens (including phenoxy) is 2. The fraction of sp³-hybridized carbons (Fsp3) is 0.500. The smallest absolute Gasteiger partial charge is 0.191 e. The van der Waals surface area contributed by atoms with E-state index in [0.29, 0.717) is 6.54 Å². The summed E-state index contributed by atoms with van der Waals surface area (Å²) < 4.78 is 11.0. The number of rotatable bonds is 7. The number of benzene rings is 1. The number of hydrogen-bond donors (Lipinski definition) is 2. The molecule has 172 valence electrons. The summed E-state index contributed by atoms with van der Waals surface area (Å²) in [5, 5.41) is 6.92. The molecule has 8 heteroatoms. The van der Waals surface area contributed by atoms with Gasteiger partial charge in [0, 0.05) is 64.6 Å². The molecular weight excluding hydrogens is 404 g/mol. The number of hydrogen-bond acceptors (Lipinski definition) is 6. The minimum absolute atomic E-state index is 0.662. The van der Waals surface area contributed by atoms with Crippen molar-refractivity contribution in [1.29, 1.82) is 0 Å². The number of pyridine rings is 1. The fourth-order valence-corrected chi connectivity index (χ4v) is 4.09. The van der Waals surface area contributed by atoms with E-state index in [0.717, 1.165) is 83.0 Å². The lowest BCUT2D eigenvalue weighted by Gasteiger charge is -2.29. The Morgan fingerprint density at radius 3 is 2.22 bits per heavy atom. The molecule has 0 amide bonds. The molecule has 0 spiro atoms. The molecule has 4 rings (SSSR count). The average molecular weight is 439 g/mol. The second kappa shape index (κ2) is 11.8. The highest BCUT2D eigenvalue weighted by Gasteiger charge is 2.16. The van der Waals surface area contributed by atoms with Crippen molar-refractivity contribution in [1.82, 2.24) is 20.5 Å². The van der Waals surface area contributed by atoms with Gasteiger partial charge in [-0.25, -0.2) is 4.98 Å². The Morgan fingerprint density at radius 1 is 0.875 bits per heavy atom. The highest BCUT2D eigenvalue weighted by Crippen LogP contribution is 2.18. The molecule has 2 aliphatic rings. The van der Waals surface area contributed by atoms with E-state index in [1.807, 2.05) is 12.3 Å². The van der Waals surface area contributed by atoms with Gasteiger partial charge >= 0.3 is 0 Å². The Hall–Kier alpha value is -2.68. The standard InChI is InChI=1S/C24H34N6O2/c1-25-24(28-18-21-7-4-8-26-23(21)30-11-15-32-16-12-30)27-17-20-5-2-3-6-22(20)19-29-9-13-31-14-10-29/h2-8H,9-19H2,1H3,(H2,25,27,28). The third-order valence-corrected chi connectivity index (χ3v) is 5.91. The first kappa shape index (κ1) is 22.5. The van der Waals surface area contributed by atoms with Crippen LogP contribution in [0.5, 0.6) is 0 Å². The summed E-state index contributed by atoms with van der Waals surface area (Å²) in [6.07, 6.45) is 1.85. The largest absolute Gasteiger partial charge is 0.379 e. The van der Waals surface area contributed by atoms with Crippen molar-refractivity contribution in [3.8, 4) is 0 Å². The molecule has 32 heavy (non-hydrogen) atoms. The highest BCUT2D eigenvalue weighted by atomic mass is 16.5. The lowest BCUT2D eigenvalue weighted by Crippen LogP contribution is -2.39. The van der Waals surface area contributed by atoms with Crippen LogP contribution in [-0.2, 0) is 29.1 Å². The molecule has 2 fully saturated rings. The van der Waals surface area contributed by atoms with Crippen LogP contribution in [0.15, 0.2) is 47.6 Å². The Balaban J connectivity index is 1.34. The van der Waals surface area contributed by atoms with E-state index >= 15 is 0 Å². The normalized spacial score (nSPS) is 17.9. The third-order valence-electron chi connectivity index (χ3n) is 5.91. The van der Waals surface area contributed by atoms with Crippen molar-refractivity contribution >= 4 is 11.8 Å². The van der Waals surface area contributed by atoms with Crippen molar-refractivity contribution in [3.05, 3.63) is 59.3 Å². The van der Waals surface area contributed by atoms with Crippen LogP contribution in [0, 0.1) is 0 Å². The van der Waals surface area contributed by atoms with Crippen LogP contribution in [0.1, 0.15) is 16.7 Å². The Bertz CT molecular complexity index is 878. The van der Waals surface area contributed by atoms with Crippen LogP contribution >= 0.6 is 0 Å². The molecule has 2 N–H and O–H groups in total. The summed E-state index contributed by atoms with van der Waals surface area (Å²) in [4.78, 5) is 13.8.